The number of aliphatic hydroxyl groups is 1. The fraction of sp³-hybridized carbons (Fsp3) is 1.00. The first-order valence-corrected chi connectivity index (χ1v) is 4.22. The molecule has 0 unspecified atom stereocenters. The predicted octanol–water partition coefficient (Wildman–Crippen LogP) is 0.134. The lowest BCUT2D eigenvalue weighted by atomic mass is 10.1. The van der Waals surface area contributed by atoms with Gasteiger partial charge in [0.05, 0.1) is 18.8 Å². The molecule has 0 spiro atoms. The zero-order valence-electron chi connectivity index (χ0n) is 7.21. The third-order valence-corrected chi connectivity index (χ3v) is 1.87. The van der Waals surface area contributed by atoms with Crippen molar-refractivity contribution in [2.45, 2.75) is 38.5 Å². The number of nitrogens with one attached hydrogen (secondary N) is 1. The average Bonchev–Trinajstić information content (AvgIpc) is 1.93. The van der Waals surface area contributed by atoms with Gasteiger partial charge >= 0.3 is 0 Å². The first kappa shape index (κ1) is 8.97. The van der Waals surface area contributed by atoms with Crippen LogP contribution < -0.4 is 5.32 Å². The van der Waals surface area contributed by atoms with Crippen LogP contribution in [0.1, 0.15) is 20.3 Å². The molecule has 0 bridgehead atoms. The second-order valence-corrected chi connectivity index (χ2v) is 3.36. The van der Waals surface area contributed by atoms with Gasteiger partial charge in [-0.15, -0.1) is 0 Å². The molecule has 1 rings (SSSR count). The van der Waals surface area contributed by atoms with Crippen molar-refractivity contribution in [3.05, 3.63) is 0 Å². The Morgan fingerprint density at radius 2 is 2.27 bits per heavy atom. The molecule has 1 saturated heterocycles. The Hall–Kier alpha value is -0.120. The summed E-state index contributed by atoms with van der Waals surface area (Å²) in [6.07, 6.45) is 0.524. The van der Waals surface area contributed by atoms with Gasteiger partial charge < -0.3 is 15.2 Å². The first-order valence-electron chi connectivity index (χ1n) is 4.22. The molecule has 1 fully saturated rings. The van der Waals surface area contributed by atoms with Crippen molar-refractivity contribution < 1.29 is 9.84 Å². The van der Waals surface area contributed by atoms with Gasteiger partial charge in [-0.3, -0.25) is 0 Å². The largest absolute Gasteiger partial charge is 0.391 e. The van der Waals surface area contributed by atoms with Gasteiger partial charge in [-0.1, -0.05) is 13.8 Å². The third-order valence-electron chi connectivity index (χ3n) is 1.87. The van der Waals surface area contributed by atoms with Crippen LogP contribution >= 0.6 is 0 Å². The molecule has 0 radical (unpaired) electrons. The van der Waals surface area contributed by atoms with Crippen LogP contribution in [0.4, 0.5) is 0 Å². The van der Waals surface area contributed by atoms with Crippen LogP contribution in [0.15, 0.2) is 0 Å². The fourth-order valence-electron chi connectivity index (χ4n) is 1.31. The van der Waals surface area contributed by atoms with E-state index in [0.29, 0.717) is 19.3 Å². The molecule has 3 heteroatoms. The van der Waals surface area contributed by atoms with Crippen LogP contribution in [0, 0.1) is 0 Å². The molecule has 2 N–H and O–H groups in total. The first-order chi connectivity index (χ1) is 5.20. The Bertz CT molecular complexity index is 117. The highest BCUT2D eigenvalue weighted by molar-refractivity contribution is 4.79. The molecular formula is C8H17NO2. The van der Waals surface area contributed by atoms with Crippen molar-refractivity contribution in [3.63, 3.8) is 0 Å². The third kappa shape index (κ3) is 2.77. The van der Waals surface area contributed by atoms with Gasteiger partial charge in [0.2, 0.25) is 0 Å². The van der Waals surface area contributed by atoms with Crippen LogP contribution in [-0.4, -0.2) is 36.5 Å². The second kappa shape index (κ2) is 4.04. The lowest BCUT2D eigenvalue weighted by molar-refractivity contribution is -0.0178. The molecule has 0 saturated carbocycles. The van der Waals surface area contributed by atoms with E-state index in [4.69, 9.17) is 4.74 Å². The fourth-order valence-corrected chi connectivity index (χ4v) is 1.31. The minimum Gasteiger partial charge on any atom is -0.391 e. The van der Waals surface area contributed by atoms with Crippen molar-refractivity contribution >= 4 is 0 Å². The van der Waals surface area contributed by atoms with Crippen molar-refractivity contribution in [2.75, 3.05) is 13.2 Å². The molecule has 2 atom stereocenters. The standard InChI is InChI=1S/C8H17NO2/c1-6(2)9-7-5-11-4-3-8(7)10/h6-10H,3-5H2,1-2H3/t7-,8+/m1/s1. The van der Waals surface area contributed by atoms with Crippen molar-refractivity contribution in [3.8, 4) is 0 Å². The van der Waals surface area contributed by atoms with Crippen molar-refractivity contribution in [1.82, 2.24) is 5.32 Å². The van der Waals surface area contributed by atoms with Crippen LogP contribution in [0.2, 0.25) is 0 Å². The predicted molar refractivity (Wildman–Crippen MR) is 43.5 cm³/mol. The Labute approximate surface area is 67.7 Å². The summed E-state index contributed by atoms with van der Waals surface area (Å²) in [5, 5.41) is 12.7. The van der Waals surface area contributed by atoms with E-state index in [1.807, 2.05) is 0 Å². The highest BCUT2D eigenvalue weighted by Gasteiger charge is 2.23. The minimum atomic E-state index is -0.230. The van der Waals surface area contributed by atoms with Gasteiger partial charge in [0, 0.05) is 12.6 Å². The molecule has 0 amide bonds. The summed E-state index contributed by atoms with van der Waals surface area (Å²) in [6, 6.07) is 0.542. The van der Waals surface area contributed by atoms with E-state index in [-0.39, 0.29) is 12.1 Å². The zero-order valence-corrected chi connectivity index (χ0v) is 7.21. The van der Waals surface area contributed by atoms with Crippen LogP contribution in [-0.2, 0) is 4.74 Å². The lowest BCUT2D eigenvalue weighted by Gasteiger charge is -2.30. The highest BCUT2D eigenvalue weighted by Crippen LogP contribution is 2.07. The van der Waals surface area contributed by atoms with Gasteiger partial charge in [0.1, 0.15) is 0 Å². The maximum absolute atomic E-state index is 9.48. The van der Waals surface area contributed by atoms with E-state index < -0.39 is 0 Å². The Kier molecular flexibility index (Phi) is 3.30. The van der Waals surface area contributed by atoms with Crippen molar-refractivity contribution in [2.24, 2.45) is 0 Å². The van der Waals surface area contributed by atoms with Crippen molar-refractivity contribution in [1.29, 1.82) is 0 Å². The van der Waals surface area contributed by atoms with Crippen LogP contribution in [0.3, 0.4) is 0 Å². The normalized spacial score (nSPS) is 32.7. The maximum Gasteiger partial charge on any atom is 0.0737 e. The topological polar surface area (TPSA) is 41.5 Å². The number of hydrogen-bond acceptors (Lipinski definition) is 3. The summed E-state index contributed by atoms with van der Waals surface area (Å²) < 4.78 is 5.23. The summed E-state index contributed by atoms with van der Waals surface area (Å²) in [6.45, 7) is 5.47. The van der Waals surface area contributed by atoms with Crippen LogP contribution in [0.5, 0.6) is 0 Å². The molecule has 0 aromatic rings. The minimum absolute atomic E-state index is 0.128. The molecule has 11 heavy (non-hydrogen) atoms. The van der Waals surface area contributed by atoms with Gasteiger partial charge in [0.25, 0.3) is 0 Å². The smallest absolute Gasteiger partial charge is 0.0737 e. The molecule has 1 aliphatic rings. The molecule has 1 aliphatic heterocycles. The lowest BCUT2D eigenvalue weighted by Crippen LogP contribution is -2.49. The van der Waals surface area contributed by atoms with Gasteiger partial charge in [-0.2, -0.15) is 0 Å². The van der Waals surface area contributed by atoms with Gasteiger partial charge in [-0.05, 0) is 6.42 Å². The highest BCUT2D eigenvalue weighted by atomic mass is 16.5. The van der Waals surface area contributed by atoms with E-state index >= 15 is 0 Å². The van der Waals surface area contributed by atoms with Gasteiger partial charge in [0.15, 0.2) is 0 Å². The number of rotatable bonds is 2. The van der Waals surface area contributed by atoms with E-state index in [1.54, 1.807) is 0 Å². The van der Waals surface area contributed by atoms with E-state index in [9.17, 15) is 5.11 Å². The summed E-state index contributed by atoms with van der Waals surface area (Å²) in [4.78, 5) is 0. The van der Waals surface area contributed by atoms with E-state index in [1.165, 1.54) is 0 Å². The Morgan fingerprint density at radius 3 is 2.82 bits per heavy atom. The summed E-state index contributed by atoms with van der Waals surface area (Å²) >= 11 is 0. The molecule has 0 aromatic carbocycles. The average molecular weight is 159 g/mol. The number of aliphatic hydroxyl groups excluding tert-OH is 1. The summed E-state index contributed by atoms with van der Waals surface area (Å²) in [7, 11) is 0. The SMILES string of the molecule is CC(C)N[C@@H]1COCC[C@@H]1O. The van der Waals surface area contributed by atoms with Crippen LogP contribution in [0.25, 0.3) is 0 Å². The Balaban J connectivity index is 2.29. The molecule has 3 nitrogen and oxygen atoms in total. The Morgan fingerprint density at radius 1 is 1.55 bits per heavy atom. The molecule has 0 aliphatic carbocycles. The zero-order chi connectivity index (χ0) is 8.27. The van der Waals surface area contributed by atoms with E-state index in [2.05, 4.69) is 19.2 Å². The monoisotopic (exact) mass is 159 g/mol. The van der Waals surface area contributed by atoms with E-state index in [0.717, 1.165) is 6.42 Å². The summed E-state index contributed by atoms with van der Waals surface area (Å²) in [5.41, 5.74) is 0. The molecule has 1 heterocycles. The van der Waals surface area contributed by atoms with Gasteiger partial charge in [-0.25, -0.2) is 0 Å². The molecule has 66 valence electrons. The quantitative estimate of drug-likeness (QED) is 0.602. The summed E-state index contributed by atoms with van der Waals surface area (Å²) in [5.74, 6) is 0. The number of hydrogen-bond donors (Lipinski definition) is 2. The number of ether oxygens (including phenoxy) is 1. The molecule has 0 aromatic heterocycles. The second-order valence-electron chi connectivity index (χ2n) is 3.36. The molecular weight excluding hydrogens is 142 g/mol. The maximum atomic E-state index is 9.48.